The second-order valence-corrected chi connectivity index (χ2v) is 6.22. The summed E-state index contributed by atoms with van der Waals surface area (Å²) in [6, 6.07) is 12.3. The van der Waals surface area contributed by atoms with E-state index >= 15 is 0 Å². The molecule has 0 spiro atoms. The van der Waals surface area contributed by atoms with Crippen LogP contribution in [0.1, 0.15) is 24.6 Å². The Morgan fingerprint density at radius 2 is 2.00 bits per heavy atom. The van der Waals surface area contributed by atoms with Crippen LogP contribution in [0.25, 0.3) is 22.0 Å². The first-order valence-corrected chi connectivity index (χ1v) is 8.32. The summed E-state index contributed by atoms with van der Waals surface area (Å²) in [5.41, 5.74) is 5.48. The number of nitrogens with zero attached hydrogens (tertiary/aromatic N) is 2. The summed E-state index contributed by atoms with van der Waals surface area (Å²) in [5, 5.41) is 15.9. The quantitative estimate of drug-likeness (QED) is 0.775. The zero-order valence-corrected chi connectivity index (χ0v) is 14.7. The second kappa shape index (κ2) is 6.65. The monoisotopic (exact) mass is 324 g/mol. The first-order chi connectivity index (χ1) is 11.5. The normalized spacial score (nSPS) is 12.5. The maximum Gasteiger partial charge on any atom is 0.119 e. The van der Waals surface area contributed by atoms with Crippen LogP contribution in [-0.4, -0.2) is 28.1 Å². The molecule has 24 heavy (non-hydrogen) atoms. The van der Waals surface area contributed by atoms with Crippen molar-refractivity contribution in [3.8, 4) is 16.9 Å². The van der Waals surface area contributed by atoms with Gasteiger partial charge in [-0.05, 0) is 36.6 Å². The van der Waals surface area contributed by atoms with Gasteiger partial charge in [0.1, 0.15) is 11.3 Å². The summed E-state index contributed by atoms with van der Waals surface area (Å²) < 4.78 is 7.20. The smallest absolute Gasteiger partial charge is 0.119 e. The molecule has 4 nitrogen and oxygen atoms in total. The average molecular weight is 324 g/mol. The van der Waals surface area contributed by atoms with Crippen molar-refractivity contribution in [1.29, 1.82) is 0 Å². The Kier molecular flexibility index (Phi) is 4.58. The Labute approximate surface area is 142 Å². The van der Waals surface area contributed by atoms with Crippen LogP contribution < -0.4 is 4.74 Å². The fourth-order valence-corrected chi connectivity index (χ4v) is 3.16. The molecule has 0 amide bonds. The molecule has 3 aromatic rings. The third-order valence-corrected chi connectivity index (χ3v) is 4.61. The number of rotatable bonds is 5. The molecule has 0 saturated heterocycles. The minimum absolute atomic E-state index is 0.338. The lowest BCUT2D eigenvalue weighted by molar-refractivity contribution is 0.168. The first kappa shape index (κ1) is 16.5. The molecule has 0 bridgehead atoms. The molecule has 0 aliphatic rings. The molecule has 3 rings (SSSR count). The number of aromatic nitrogens is 2. The van der Waals surface area contributed by atoms with Crippen LogP contribution in [0.15, 0.2) is 36.4 Å². The number of aliphatic hydroxyl groups excluding tert-OH is 1. The minimum Gasteiger partial charge on any atom is -0.497 e. The Bertz CT molecular complexity index is 867. The van der Waals surface area contributed by atoms with Crippen LogP contribution in [0.5, 0.6) is 5.75 Å². The summed E-state index contributed by atoms with van der Waals surface area (Å²) in [5.74, 6) is 0.858. The number of fused-ring (bicyclic) bond motifs is 1. The van der Waals surface area contributed by atoms with Crippen molar-refractivity contribution in [3.05, 3.63) is 47.7 Å². The van der Waals surface area contributed by atoms with Gasteiger partial charge < -0.3 is 9.84 Å². The van der Waals surface area contributed by atoms with Crippen LogP contribution in [0.2, 0.25) is 0 Å². The van der Waals surface area contributed by atoms with Crippen LogP contribution in [0.4, 0.5) is 0 Å². The van der Waals surface area contributed by atoms with Gasteiger partial charge in [0, 0.05) is 30.1 Å². The predicted molar refractivity (Wildman–Crippen MR) is 97.4 cm³/mol. The van der Waals surface area contributed by atoms with E-state index in [1.807, 2.05) is 30.8 Å². The highest BCUT2D eigenvalue weighted by atomic mass is 16.5. The fourth-order valence-electron chi connectivity index (χ4n) is 3.16. The van der Waals surface area contributed by atoms with Crippen molar-refractivity contribution >= 4 is 10.9 Å². The summed E-state index contributed by atoms with van der Waals surface area (Å²) in [4.78, 5) is 0. The molecule has 0 saturated carbocycles. The molecular formula is C20H24N2O2. The van der Waals surface area contributed by atoms with Crippen LogP contribution in [-0.2, 0) is 13.5 Å². The highest BCUT2D eigenvalue weighted by molar-refractivity contribution is 5.96. The Morgan fingerprint density at radius 1 is 1.21 bits per heavy atom. The molecular weight excluding hydrogens is 300 g/mol. The van der Waals surface area contributed by atoms with E-state index in [0.717, 1.165) is 45.5 Å². The van der Waals surface area contributed by atoms with Gasteiger partial charge in [0.15, 0.2) is 0 Å². The van der Waals surface area contributed by atoms with Crippen LogP contribution in [0.3, 0.4) is 0 Å². The highest BCUT2D eigenvalue weighted by Gasteiger charge is 2.16. The molecule has 1 N–H and O–H groups in total. The fraction of sp³-hybridized carbons (Fsp3) is 0.350. The van der Waals surface area contributed by atoms with Crippen LogP contribution in [0, 0.1) is 6.92 Å². The summed E-state index contributed by atoms with van der Waals surface area (Å²) in [6.45, 7) is 4.08. The zero-order valence-electron chi connectivity index (χ0n) is 14.7. The summed E-state index contributed by atoms with van der Waals surface area (Å²) in [7, 11) is 3.63. The number of aliphatic hydroxyl groups is 1. The Hall–Kier alpha value is -2.33. The Morgan fingerprint density at radius 3 is 2.67 bits per heavy atom. The average Bonchev–Trinajstić information content (AvgIpc) is 2.90. The molecule has 1 unspecified atom stereocenters. The lowest BCUT2D eigenvalue weighted by atomic mass is 9.97. The third kappa shape index (κ3) is 2.89. The summed E-state index contributed by atoms with van der Waals surface area (Å²) >= 11 is 0. The molecule has 1 heterocycles. The van der Waals surface area contributed by atoms with Crippen molar-refractivity contribution < 1.29 is 9.84 Å². The molecule has 0 aliphatic heterocycles. The van der Waals surface area contributed by atoms with Crippen molar-refractivity contribution in [2.24, 2.45) is 7.05 Å². The molecule has 1 atom stereocenters. The van der Waals surface area contributed by atoms with Gasteiger partial charge in [-0.15, -0.1) is 0 Å². The maximum absolute atomic E-state index is 10.0. The number of benzene rings is 2. The van der Waals surface area contributed by atoms with Crippen molar-refractivity contribution in [3.63, 3.8) is 0 Å². The van der Waals surface area contributed by atoms with E-state index in [0.29, 0.717) is 6.42 Å². The SMILES string of the molecule is CCC(O)Cc1c2cccc(-c3ccc(OC)cc3C)c2nn1C. The second-order valence-electron chi connectivity index (χ2n) is 6.22. The first-order valence-electron chi connectivity index (χ1n) is 8.32. The number of hydrogen-bond donors (Lipinski definition) is 1. The lowest BCUT2D eigenvalue weighted by Crippen LogP contribution is -2.11. The largest absolute Gasteiger partial charge is 0.497 e. The van der Waals surface area contributed by atoms with Crippen molar-refractivity contribution in [2.45, 2.75) is 32.8 Å². The van der Waals surface area contributed by atoms with E-state index in [9.17, 15) is 5.11 Å². The van der Waals surface area contributed by atoms with Crippen LogP contribution >= 0.6 is 0 Å². The van der Waals surface area contributed by atoms with Crippen molar-refractivity contribution in [2.75, 3.05) is 7.11 Å². The standard InChI is InChI=1S/C20H24N2O2/c1-5-14(23)12-19-18-8-6-7-17(20(18)21-22(19)3)16-10-9-15(24-4)11-13(16)2/h6-11,14,23H,5,12H2,1-4H3. The van der Waals surface area contributed by atoms with E-state index in [1.54, 1.807) is 7.11 Å². The van der Waals surface area contributed by atoms with Gasteiger partial charge >= 0.3 is 0 Å². The zero-order chi connectivity index (χ0) is 17.3. The van der Waals surface area contributed by atoms with Gasteiger partial charge in [-0.2, -0.15) is 5.10 Å². The van der Waals surface area contributed by atoms with Gasteiger partial charge in [0.2, 0.25) is 0 Å². The topological polar surface area (TPSA) is 47.3 Å². The van der Waals surface area contributed by atoms with Gasteiger partial charge in [-0.3, -0.25) is 4.68 Å². The van der Waals surface area contributed by atoms with Gasteiger partial charge in [-0.1, -0.05) is 31.2 Å². The van der Waals surface area contributed by atoms with E-state index < -0.39 is 0 Å². The molecule has 1 aromatic heterocycles. The molecule has 0 radical (unpaired) electrons. The number of hydrogen-bond acceptors (Lipinski definition) is 3. The van der Waals surface area contributed by atoms with E-state index in [1.165, 1.54) is 0 Å². The molecule has 4 heteroatoms. The number of ether oxygens (including phenoxy) is 1. The molecule has 0 fully saturated rings. The van der Waals surface area contributed by atoms with E-state index in [2.05, 4.69) is 31.2 Å². The number of methoxy groups -OCH3 is 1. The maximum atomic E-state index is 10.0. The van der Waals surface area contributed by atoms with Gasteiger partial charge in [-0.25, -0.2) is 0 Å². The number of aryl methyl sites for hydroxylation is 2. The van der Waals surface area contributed by atoms with Gasteiger partial charge in [0.05, 0.1) is 13.2 Å². The molecule has 126 valence electrons. The van der Waals surface area contributed by atoms with Gasteiger partial charge in [0.25, 0.3) is 0 Å². The van der Waals surface area contributed by atoms with E-state index in [-0.39, 0.29) is 6.10 Å². The molecule has 0 aliphatic carbocycles. The lowest BCUT2D eigenvalue weighted by Gasteiger charge is -2.10. The third-order valence-electron chi connectivity index (χ3n) is 4.61. The highest BCUT2D eigenvalue weighted by Crippen LogP contribution is 2.33. The summed E-state index contributed by atoms with van der Waals surface area (Å²) in [6.07, 6.45) is 1.02. The molecule has 2 aromatic carbocycles. The predicted octanol–water partition coefficient (Wildman–Crippen LogP) is 3.87. The van der Waals surface area contributed by atoms with Crippen molar-refractivity contribution in [1.82, 2.24) is 9.78 Å². The Balaban J connectivity index is 2.15. The van der Waals surface area contributed by atoms with E-state index in [4.69, 9.17) is 9.84 Å². The minimum atomic E-state index is -0.338.